The second kappa shape index (κ2) is 7.58. The number of aromatic hydroxyl groups is 2. The van der Waals surface area contributed by atoms with E-state index in [1.807, 2.05) is 0 Å². The number of benzene rings is 3. The number of nitrogens with one attached hydrogen (secondary N) is 2. The zero-order valence-electron chi connectivity index (χ0n) is 14.6. The highest BCUT2D eigenvalue weighted by Gasteiger charge is 2.15. The first-order chi connectivity index (χ1) is 13.3. The summed E-state index contributed by atoms with van der Waals surface area (Å²) < 4.78 is 0. The Kier molecular flexibility index (Phi) is 5.03. The van der Waals surface area contributed by atoms with Crippen LogP contribution in [0.2, 0.25) is 0 Å². The summed E-state index contributed by atoms with van der Waals surface area (Å²) in [6.45, 7) is 0. The van der Waals surface area contributed by atoms with Crippen LogP contribution in [-0.2, 0) is 0 Å². The second-order valence-corrected chi connectivity index (χ2v) is 6.04. The van der Waals surface area contributed by atoms with Crippen LogP contribution in [0.25, 0.3) is 0 Å². The molecule has 0 fully saturated rings. The first-order valence-corrected chi connectivity index (χ1v) is 8.23. The molecule has 3 aromatic carbocycles. The first-order valence-electron chi connectivity index (χ1n) is 8.23. The van der Waals surface area contributed by atoms with Gasteiger partial charge in [-0.05, 0) is 54.6 Å². The Morgan fingerprint density at radius 1 is 0.643 bits per heavy atom. The summed E-state index contributed by atoms with van der Waals surface area (Å²) in [4.78, 5) is 24.6. The lowest BCUT2D eigenvalue weighted by Crippen LogP contribution is -2.14. The number of anilines is 4. The number of carbonyl (C=O) groups is 2. The lowest BCUT2D eigenvalue weighted by Gasteiger charge is -2.13. The molecule has 0 saturated heterocycles. The summed E-state index contributed by atoms with van der Waals surface area (Å²) in [7, 11) is 0. The fourth-order valence-electron chi connectivity index (χ4n) is 2.44. The molecular weight excluding hydrogens is 360 g/mol. The van der Waals surface area contributed by atoms with E-state index >= 15 is 0 Å². The quantitative estimate of drug-likeness (QED) is 0.233. The largest absolute Gasteiger partial charge is 0.506 e. The third-order valence-corrected chi connectivity index (χ3v) is 3.96. The summed E-state index contributed by atoms with van der Waals surface area (Å²) in [6, 6.07) is 14.7. The molecule has 0 aromatic heterocycles. The molecule has 0 saturated carbocycles. The first kappa shape index (κ1) is 18.6. The van der Waals surface area contributed by atoms with Crippen molar-refractivity contribution in [3.8, 4) is 11.5 Å². The zero-order valence-corrected chi connectivity index (χ0v) is 14.6. The molecule has 0 aliphatic heterocycles. The third kappa shape index (κ3) is 4.13. The van der Waals surface area contributed by atoms with E-state index in [9.17, 15) is 19.8 Å². The maximum atomic E-state index is 12.3. The molecular formula is C20H18N4O4. The lowest BCUT2D eigenvalue weighted by atomic mass is 10.1. The van der Waals surface area contributed by atoms with Crippen LogP contribution in [0.3, 0.4) is 0 Å². The van der Waals surface area contributed by atoms with E-state index in [2.05, 4.69) is 10.6 Å². The highest BCUT2D eigenvalue weighted by atomic mass is 16.3. The maximum absolute atomic E-state index is 12.3. The number of amides is 2. The number of phenolic OH excluding ortho intramolecular Hbond substituents is 2. The van der Waals surface area contributed by atoms with Crippen LogP contribution in [0.4, 0.5) is 22.7 Å². The minimum absolute atomic E-state index is 0.0206. The summed E-state index contributed by atoms with van der Waals surface area (Å²) in [5.41, 5.74) is 12.9. The van der Waals surface area contributed by atoms with Gasteiger partial charge in [0.15, 0.2) is 0 Å². The molecule has 0 bridgehead atoms. The van der Waals surface area contributed by atoms with Crippen LogP contribution >= 0.6 is 0 Å². The third-order valence-electron chi connectivity index (χ3n) is 3.96. The normalized spacial score (nSPS) is 10.3. The van der Waals surface area contributed by atoms with E-state index in [0.29, 0.717) is 22.5 Å². The molecule has 3 aromatic rings. The number of hydrogen-bond donors (Lipinski definition) is 6. The van der Waals surface area contributed by atoms with E-state index < -0.39 is 11.8 Å². The van der Waals surface area contributed by atoms with Crippen LogP contribution in [0.5, 0.6) is 11.5 Å². The van der Waals surface area contributed by atoms with Crippen LogP contribution in [0, 0.1) is 0 Å². The van der Waals surface area contributed by atoms with Gasteiger partial charge < -0.3 is 32.3 Å². The van der Waals surface area contributed by atoms with Crippen molar-refractivity contribution >= 4 is 34.6 Å². The van der Waals surface area contributed by atoms with Gasteiger partial charge >= 0.3 is 0 Å². The SMILES string of the molecule is Nc1ccc(C(=O)Nc2cc(NC(=O)c3ccc(N)cc3)c(O)cc2O)cc1. The molecule has 0 atom stereocenters. The second-order valence-electron chi connectivity index (χ2n) is 6.04. The Labute approximate surface area is 160 Å². The Morgan fingerprint density at radius 2 is 1.00 bits per heavy atom. The predicted octanol–water partition coefficient (Wildman–Crippen LogP) is 2.77. The molecule has 3 rings (SSSR count). The van der Waals surface area contributed by atoms with Crippen molar-refractivity contribution in [2.24, 2.45) is 0 Å². The van der Waals surface area contributed by atoms with Gasteiger partial charge in [0.1, 0.15) is 11.5 Å². The van der Waals surface area contributed by atoms with Crippen molar-refractivity contribution in [2.75, 3.05) is 22.1 Å². The molecule has 0 radical (unpaired) electrons. The molecule has 8 N–H and O–H groups in total. The highest BCUT2D eigenvalue weighted by molar-refractivity contribution is 6.08. The number of rotatable bonds is 4. The Hall–Kier alpha value is -4.20. The van der Waals surface area contributed by atoms with Crippen LogP contribution < -0.4 is 22.1 Å². The molecule has 8 heteroatoms. The topological polar surface area (TPSA) is 151 Å². The van der Waals surface area contributed by atoms with Crippen LogP contribution in [0.1, 0.15) is 20.7 Å². The number of nitrogens with two attached hydrogens (primary N) is 2. The van der Waals surface area contributed by atoms with E-state index in [1.54, 1.807) is 24.3 Å². The van der Waals surface area contributed by atoms with E-state index in [1.165, 1.54) is 30.3 Å². The van der Waals surface area contributed by atoms with Crippen LogP contribution in [0.15, 0.2) is 60.7 Å². The maximum Gasteiger partial charge on any atom is 0.255 e. The van der Waals surface area contributed by atoms with Gasteiger partial charge in [-0.15, -0.1) is 0 Å². The average molecular weight is 378 g/mol. The molecule has 0 heterocycles. The number of carbonyl (C=O) groups excluding carboxylic acids is 2. The summed E-state index contributed by atoms with van der Waals surface area (Å²) in [5.74, 6) is -1.69. The standard InChI is InChI=1S/C20H18N4O4/c21-13-5-1-11(2-6-13)19(27)23-15-9-16(18(26)10-17(15)25)24-20(28)12-3-7-14(22)8-4-12/h1-10,25-26H,21-22H2,(H,23,27)(H,24,28). The van der Waals surface area contributed by atoms with E-state index in [0.717, 1.165) is 6.07 Å². The summed E-state index contributed by atoms with van der Waals surface area (Å²) in [5, 5.41) is 25.1. The van der Waals surface area contributed by atoms with Gasteiger partial charge in [0.25, 0.3) is 11.8 Å². The van der Waals surface area contributed by atoms with Crippen molar-refractivity contribution in [2.45, 2.75) is 0 Å². The summed E-state index contributed by atoms with van der Waals surface area (Å²) >= 11 is 0. The molecule has 0 unspecified atom stereocenters. The predicted molar refractivity (Wildman–Crippen MR) is 107 cm³/mol. The van der Waals surface area contributed by atoms with Gasteiger partial charge in [-0.2, -0.15) is 0 Å². The molecule has 142 valence electrons. The minimum atomic E-state index is -0.489. The number of nitrogen functional groups attached to an aromatic ring is 2. The number of hydrogen-bond acceptors (Lipinski definition) is 6. The molecule has 0 aliphatic carbocycles. The monoisotopic (exact) mass is 378 g/mol. The summed E-state index contributed by atoms with van der Waals surface area (Å²) in [6.07, 6.45) is 0. The van der Waals surface area contributed by atoms with Gasteiger partial charge in [0, 0.05) is 28.6 Å². The van der Waals surface area contributed by atoms with Crippen molar-refractivity contribution in [1.82, 2.24) is 0 Å². The van der Waals surface area contributed by atoms with E-state index in [-0.39, 0.29) is 22.9 Å². The van der Waals surface area contributed by atoms with Crippen molar-refractivity contribution in [1.29, 1.82) is 0 Å². The van der Waals surface area contributed by atoms with Crippen LogP contribution in [-0.4, -0.2) is 22.0 Å². The van der Waals surface area contributed by atoms with Crippen molar-refractivity contribution in [3.05, 3.63) is 71.8 Å². The fraction of sp³-hybridized carbons (Fsp3) is 0. The average Bonchev–Trinajstić information content (AvgIpc) is 2.66. The fourth-order valence-corrected chi connectivity index (χ4v) is 2.44. The Morgan fingerprint density at radius 3 is 1.36 bits per heavy atom. The minimum Gasteiger partial charge on any atom is -0.506 e. The van der Waals surface area contributed by atoms with Gasteiger partial charge in [-0.25, -0.2) is 0 Å². The Balaban J connectivity index is 1.81. The van der Waals surface area contributed by atoms with Crippen molar-refractivity contribution < 1.29 is 19.8 Å². The lowest BCUT2D eigenvalue weighted by molar-refractivity contribution is 0.101. The van der Waals surface area contributed by atoms with Gasteiger partial charge in [-0.1, -0.05) is 0 Å². The highest BCUT2D eigenvalue weighted by Crippen LogP contribution is 2.35. The van der Waals surface area contributed by atoms with Gasteiger partial charge in [0.2, 0.25) is 0 Å². The molecule has 0 spiro atoms. The molecule has 2 amide bonds. The molecule has 8 nitrogen and oxygen atoms in total. The smallest absolute Gasteiger partial charge is 0.255 e. The Bertz CT molecular complexity index is 951. The molecule has 28 heavy (non-hydrogen) atoms. The van der Waals surface area contributed by atoms with Crippen molar-refractivity contribution in [3.63, 3.8) is 0 Å². The van der Waals surface area contributed by atoms with E-state index in [4.69, 9.17) is 11.5 Å². The zero-order chi connectivity index (χ0) is 20.3. The molecule has 0 aliphatic rings. The number of phenols is 2. The van der Waals surface area contributed by atoms with Gasteiger partial charge in [-0.3, -0.25) is 9.59 Å². The van der Waals surface area contributed by atoms with Gasteiger partial charge in [0.05, 0.1) is 11.4 Å².